The van der Waals surface area contributed by atoms with Crippen LogP contribution >= 0.6 is 0 Å². The molecule has 1 saturated heterocycles. The summed E-state index contributed by atoms with van der Waals surface area (Å²) in [6.07, 6.45) is 0.671. The Balaban J connectivity index is 1.78. The van der Waals surface area contributed by atoms with Gasteiger partial charge in [0.05, 0.1) is 25.7 Å². The minimum absolute atomic E-state index is 0.0262. The number of carbonyl (C=O) groups excluding carboxylic acids is 1. The van der Waals surface area contributed by atoms with Gasteiger partial charge in [-0.15, -0.1) is 0 Å². The number of likely N-dealkylation sites (tertiary alicyclic amines) is 1. The van der Waals surface area contributed by atoms with Gasteiger partial charge >= 0.3 is 5.63 Å². The largest absolute Gasteiger partial charge is 0.497 e. The molecule has 0 spiro atoms. The van der Waals surface area contributed by atoms with Crippen LogP contribution in [0.25, 0.3) is 11.0 Å². The number of likely N-dealkylation sites (N-methyl/N-ethyl adjacent to an activating group) is 1. The van der Waals surface area contributed by atoms with Crippen molar-refractivity contribution < 1.29 is 19.1 Å². The van der Waals surface area contributed by atoms with Gasteiger partial charge in [0.1, 0.15) is 11.3 Å². The number of aryl methyl sites for hydroxylation is 1. The van der Waals surface area contributed by atoms with E-state index < -0.39 is 5.63 Å². The summed E-state index contributed by atoms with van der Waals surface area (Å²) in [6.45, 7) is 2.57. The summed E-state index contributed by atoms with van der Waals surface area (Å²) < 4.78 is 10.5. The van der Waals surface area contributed by atoms with E-state index in [0.717, 1.165) is 10.9 Å². The van der Waals surface area contributed by atoms with Gasteiger partial charge in [0, 0.05) is 30.1 Å². The van der Waals surface area contributed by atoms with E-state index in [1.807, 2.05) is 24.9 Å². The number of aliphatic hydroxyl groups is 1. The van der Waals surface area contributed by atoms with Crippen molar-refractivity contribution in [2.45, 2.75) is 31.8 Å². The highest BCUT2D eigenvalue weighted by atomic mass is 16.5. The summed E-state index contributed by atoms with van der Waals surface area (Å²) in [5.41, 5.74) is 1.05. The Morgan fingerprint density at radius 1 is 1.46 bits per heavy atom. The fourth-order valence-corrected chi connectivity index (χ4v) is 3.54. The summed E-state index contributed by atoms with van der Waals surface area (Å²) >= 11 is 0. The fourth-order valence-electron chi connectivity index (χ4n) is 3.54. The minimum Gasteiger partial charge on any atom is -0.497 e. The van der Waals surface area contributed by atoms with Crippen molar-refractivity contribution in [2.75, 3.05) is 27.3 Å². The normalized spacial score (nSPS) is 20.5. The van der Waals surface area contributed by atoms with Crippen LogP contribution in [0, 0.1) is 6.92 Å². The van der Waals surface area contributed by atoms with Crippen molar-refractivity contribution in [2.24, 2.45) is 0 Å². The maximum atomic E-state index is 12.4. The smallest absolute Gasteiger partial charge is 0.340 e. The van der Waals surface area contributed by atoms with Crippen LogP contribution in [0.5, 0.6) is 5.75 Å². The molecule has 2 N–H and O–H groups in total. The number of carbonyl (C=O) groups is 1. The molecule has 7 heteroatoms. The van der Waals surface area contributed by atoms with Crippen LogP contribution in [0.4, 0.5) is 0 Å². The molecule has 1 amide bonds. The molecule has 2 aromatic rings. The molecule has 0 aliphatic carbocycles. The molecule has 3 rings (SSSR count). The molecule has 0 saturated carbocycles. The Bertz CT molecular complexity index is 876. The van der Waals surface area contributed by atoms with Gasteiger partial charge in [-0.25, -0.2) is 4.79 Å². The van der Waals surface area contributed by atoms with Gasteiger partial charge in [-0.05, 0) is 38.1 Å². The first kappa shape index (κ1) is 18.4. The van der Waals surface area contributed by atoms with E-state index >= 15 is 0 Å². The Hall–Kier alpha value is -2.38. The molecule has 140 valence electrons. The second-order valence-corrected chi connectivity index (χ2v) is 6.81. The third-order valence-electron chi connectivity index (χ3n) is 5.10. The summed E-state index contributed by atoms with van der Waals surface area (Å²) in [5, 5.41) is 13.1. The zero-order valence-corrected chi connectivity index (χ0v) is 15.2. The molecule has 0 unspecified atom stereocenters. The Kier molecular flexibility index (Phi) is 5.29. The van der Waals surface area contributed by atoms with Crippen molar-refractivity contribution in [1.29, 1.82) is 0 Å². The predicted octanol–water partition coefficient (Wildman–Crippen LogP) is 0.834. The SMILES string of the molecule is COc1ccc2c(C)c(CC(=O)N[C@@H]3C[C@@H](CO)N(C)C3)c(=O)oc2c1. The number of nitrogens with one attached hydrogen (secondary N) is 1. The summed E-state index contributed by atoms with van der Waals surface area (Å²) in [4.78, 5) is 26.8. The first-order valence-electron chi connectivity index (χ1n) is 8.63. The quantitative estimate of drug-likeness (QED) is 0.768. The molecule has 1 aliphatic rings. The summed E-state index contributed by atoms with van der Waals surface area (Å²) in [7, 11) is 3.47. The number of methoxy groups -OCH3 is 1. The molecule has 2 atom stereocenters. The van der Waals surface area contributed by atoms with Gasteiger partial charge in [-0.2, -0.15) is 0 Å². The van der Waals surface area contributed by atoms with E-state index in [1.165, 1.54) is 0 Å². The lowest BCUT2D eigenvalue weighted by molar-refractivity contribution is -0.121. The molecule has 0 radical (unpaired) electrons. The number of nitrogens with zero attached hydrogens (tertiary/aromatic N) is 1. The molecule has 2 heterocycles. The van der Waals surface area contributed by atoms with E-state index in [2.05, 4.69) is 5.32 Å². The maximum Gasteiger partial charge on any atom is 0.340 e. The number of amides is 1. The van der Waals surface area contributed by atoms with E-state index in [0.29, 0.717) is 29.9 Å². The minimum atomic E-state index is -0.504. The van der Waals surface area contributed by atoms with Gasteiger partial charge in [-0.1, -0.05) is 0 Å². The van der Waals surface area contributed by atoms with Crippen LogP contribution in [0.1, 0.15) is 17.5 Å². The Morgan fingerprint density at radius 3 is 2.88 bits per heavy atom. The average molecular weight is 360 g/mol. The molecule has 1 fully saturated rings. The van der Waals surface area contributed by atoms with E-state index in [-0.39, 0.29) is 31.0 Å². The highest BCUT2D eigenvalue weighted by Gasteiger charge is 2.30. The highest BCUT2D eigenvalue weighted by molar-refractivity contribution is 5.85. The second-order valence-electron chi connectivity index (χ2n) is 6.81. The zero-order chi connectivity index (χ0) is 18.8. The van der Waals surface area contributed by atoms with Crippen molar-refractivity contribution in [1.82, 2.24) is 10.2 Å². The van der Waals surface area contributed by atoms with Crippen LogP contribution in [-0.2, 0) is 11.2 Å². The number of fused-ring (bicyclic) bond motifs is 1. The molecular weight excluding hydrogens is 336 g/mol. The van der Waals surface area contributed by atoms with Crippen LogP contribution in [0.2, 0.25) is 0 Å². The monoisotopic (exact) mass is 360 g/mol. The lowest BCUT2D eigenvalue weighted by Gasteiger charge is -2.15. The van der Waals surface area contributed by atoms with E-state index in [4.69, 9.17) is 9.15 Å². The molecule has 1 aromatic carbocycles. The number of benzene rings is 1. The maximum absolute atomic E-state index is 12.4. The summed E-state index contributed by atoms with van der Waals surface area (Å²) in [6, 6.07) is 5.31. The van der Waals surface area contributed by atoms with E-state index in [9.17, 15) is 14.7 Å². The first-order chi connectivity index (χ1) is 12.4. The van der Waals surface area contributed by atoms with Crippen LogP contribution in [0.3, 0.4) is 0 Å². The number of rotatable bonds is 5. The molecular formula is C19H24N2O5. The van der Waals surface area contributed by atoms with Crippen LogP contribution in [0.15, 0.2) is 27.4 Å². The number of hydrogen-bond donors (Lipinski definition) is 2. The second kappa shape index (κ2) is 7.47. The standard InChI is InChI=1S/C19H24N2O5/c1-11-15-5-4-14(25-3)7-17(15)26-19(24)16(11)8-18(23)20-12-6-13(10-22)21(2)9-12/h4-5,7,12-13,22H,6,8-10H2,1-3H3,(H,20,23)/t12-,13+/m1/s1. The summed E-state index contributed by atoms with van der Waals surface area (Å²) in [5.74, 6) is 0.389. The van der Waals surface area contributed by atoms with Crippen molar-refractivity contribution >= 4 is 16.9 Å². The van der Waals surface area contributed by atoms with Gasteiger partial charge in [0.2, 0.25) is 5.91 Å². The molecule has 0 bridgehead atoms. The number of ether oxygens (including phenoxy) is 1. The lowest BCUT2D eigenvalue weighted by Crippen LogP contribution is -2.38. The predicted molar refractivity (Wildman–Crippen MR) is 97.5 cm³/mol. The first-order valence-corrected chi connectivity index (χ1v) is 8.63. The molecule has 26 heavy (non-hydrogen) atoms. The van der Waals surface area contributed by atoms with Crippen molar-refractivity contribution in [3.8, 4) is 5.75 Å². The molecule has 1 aliphatic heterocycles. The number of aliphatic hydroxyl groups excluding tert-OH is 1. The van der Waals surface area contributed by atoms with Crippen LogP contribution < -0.4 is 15.7 Å². The fraction of sp³-hybridized carbons (Fsp3) is 0.474. The molecule has 7 nitrogen and oxygen atoms in total. The van der Waals surface area contributed by atoms with Gasteiger partial charge in [0.25, 0.3) is 0 Å². The Labute approximate surface area is 151 Å². The molecule has 1 aromatic heterocycles. The highest BCUT2D eigenvalue weighted by Crippen LogP contribution is 2.24. The van der Waals surface area contributed by atoms with Gasteiger partial charge in [0.15, 0.2) is 0 Å². The zero-order valence-electron chi connectivity index (χ0n) is 15.2. The Morgan fingerprint density at radius 2 is 2.23 bits per heavy atom. The van der Waals surface area contributed by atoms with E-state index in [1.54, 1.807) is 19.2 Å². The van der Waals surface area contributed by atoms with Crippen molar-refractivity contribution in [3.05, 3.63) is 39.7 Å². The van der Waals surface area contributed by atoms with Gasteiger partial charge in [-0.3, -0.25) is 9.69 Å². The third kappa shape index (κ3) is 3.59. The lowest BCUT2D eigenvalue weighted by atomic mass is 10.0. The topological polar surface area (TPSA) is 92.0 Å². The number of hydrogen-bond acceptors (Lipinski definition) is 6. The third-order valence-corrected chi connectivity index (χ3v) is 5.10. The van der Waals surface area contributed by atoms with Gasteiger partial charge < -0.3 is 19.6 Å². The average Bonchev–Trinajstić information content (AvgIpc) is 2.97. The van der Waals surface area contributed by atoms with Crippen LogP contribution in [-0.4, -0.2) is 55.3 Å². The van der Waals surface area contributed by atoms with Crippen molar-refractivity contribution in [3.63, 3.8) is 0 Å².